The number of thioether (sulfide) groups is 1. The fourth-order valence-electron chi connectivity index (χ4n) is 6.76. The standard InChI is InChI=1S/C25H41N3O4S/c1-4-13-26-22(30)19-18-11-12-25(33-18)20(19)24(32)28(17(14-29)15(3)5-2)21(25)23(31)27-16-9-7-6-8-10-16/h15-21,29H,4-14H2,1-3H3,(H,26,30)(H,27,31)/t15-,17-,18+,19-,20-,21?,25?/m0/s1. The smallest absolute Gasteiger partial charge is 0.244 e. The molecular formula is C25H41N3O4S. The van der Waals surface area contributed by atoms with E-state index in [0.717, 1.165) is 51.4 Å². The molecule has 186 valence electrons. The fraction of sp³-hybridized carbons (Fsp3) is 0.880. The van der Waals surface area contributed by atoms with Crippen LogP contribution in [-0.4, -0.2) is 69.0 Å². The van der Waals surface area contributed by atoms with Crippen LogP contribution in [-0.2, 0) is 14.4 Å². The number of amides is 3. The largest absolute Gasteiger partial charge is 0.394 e. The maximum absolute atomic E-state index is 14.0. The summed E-state index contributed by atoms with van der Waals surface area (Å²) >= 11 is 1.71. The Labute approximate surface area is 202 Å². The third kappa shape index (κ3) is 4.19. The van der Waals surface area contributed by atoms with Crippen LogP contribution >= 0.6 is 11.8 Å². The molecule has 3 saturated heterocycles. The number of fused-ring (bicyclic) bond motifs is 1. The van der Waals surface area contributed by atoms with E-state index in [2.05, 4.69) is 10.6 Å². The molecule has 0 aromatic carbocycles. The summed E-state index contributed by atoms with van der Waals surface area (Å²) < 4.78 is -0.574. The Morgan fingerprint density at radius 1 is 1.18 bits per heavy atom. The summed E-state index contributed by atoms with van der Waals surface area (Å²) in [5, 5.41) is 16.7. The van der Waals surface area contributed by atoms with E-state index in [1.807, 2.05) is 20.8 Å². The van der Waals surface area contributed by atoms with Crippen molar-refractivity contribution in [3.8, 4) is 0 Å². The fourth-order valence-corrected chi connectivity index (χ4v) is 8.96. The molecule has 2 unspecified atom stereocenters. The Balaban J connectivity index is 1.69. The van der Waals surface area contributed by atoms with Gasteiger partial charge in [0, 0.05) is 17.8 Å². The molecule has 1 spiro atoms. The Morgan fingerprint density at radius 3 is 2.55 bits per heavy atom. The van der Waals surface area contributed by atoms with Gasteiger partial charge in [0.05, 0.1) is 29.2 Å². The number of carbonyl (C=O) groups is 3. The highest BCUT2D eigenvalue weighted by Crippen LogP contribution is 2.66. The van der Waals surface area contributed by atoms with Crippen molar-refractivity contribution in [3.63, 3.8) is 0 Å². The van der Waals surface area contributed by atoms with Crippen molar-refractivity contribution in [3.05, 3.63) is 0 Å². The van der Waals surface area contributed by atoms with Gasteiger partial charge in [-0.2, -0.15) is 0 Å². The normalized spacial score (nSPS) is 35.4. The molecule has 3 aliphatic heterocycles. The molecule has 0 radical (unpaired) electrons. The predicted molar refractivity (Wildman–Crippen MR) is 130 cm³/mol. The molecule has 7 atom stereocenters. The minimum atomic E-state index is -0.623. The van der Waals surface area contributed by atoms with Gasteiger partial charge < -0.3 is 20.6 Å². The molecule has 7 nitrogen and oxygen atoms in total. The number of aliphatic hydroxyl groups excluding tert-OH is 1. The second-order valence-corrected chi connectivity index (χ2v) is 12.2. The Hall–Kier alpha value is -1.28. The van der Waals surface area contributed by atoms with Crippen molar-refractivity contribution >= 4 is 29.5 Å². The zero-order valence-electron chi connectivity index (χ0n) is 20.3. The quantitative estimate of drug-likeness (QED) is 0.472. The van der Waals surface area contributed by atoms with Gasteiger partial charge in [0.1, 0.15) is 6.04 Å². The van der Waals surface area contributed by atoms with Gasteiger partial charge in [-0.3, -0.25) is 14.4 Å². The lowest BCUT2D eigenvalue weighted by Crippen LogP contribution is -2.59. The molecule has 4 aliphatic rings. The van der Waals surface area contributed by atoms with Crippen molar-refractivity contribution in [2.45, 2.75) is 107 Å². The zero-order chi connectivity index (χ0) is 23.8. The van der Waals surface area contributed by atoms with Crippen LogP contribution in [0.4, 0.5) is 0 Å². The van der Waals surface area contributed by atoms with Crippen LogP contribution in [0, 0.1) is 17.8 Å². The maximum Gasteiger partial charge on any atom is 0.244 e. The summed E-state index contributed by atoms with van der Waals surface area (Å²) in [7, 11) is 0. The third-order valence-corrected chi connectivity index (χ3v) is 10.6. The zero-order valence-corrected chi connectivity index (χ0v) is 21.2. The lowest BCUT2D eigenvalue weighted by atomic mass is 9.70. The van der Waals surface area contributed by atoms with Crippen LogP contribution in [0.3, 0.4) is 0 Å². The summed E-state index contributed by atoms with van der Waals surface area (Å²) in [6.07, 6.45) is 8.69. The molecule has 3 heterocycles. The molecular weight excluding hydrogens is 438 g/mol. The van der Waals surface area contributed by atoms with Crippen LogP contribution < -0.4 is 10.6 Å². The number of likely N-dealkylation sites (tertiary alicyclic amines) is 1. The van der Waals surface area contributed by atoms with E-state index < -0.39 is 28.7 Å². The van der Waals surface area contributed by atoms with Gasteiger partial charge >= 0.3 is 0 Å². The van der Waals surface area contributed by atoms with Crippen LogP contribution in [0.15, 0.2) is 0 Å². The van der Waals surface area contributed by atoms with E-state index in [1.54, 1.807) is 16.7 Å². The van der Waals surface area contributed by atoms with Gasteiger partial charge in [-0.25, -0.2) is 0 Å². The monoisotopic (exact) mass is 479 g/mol. The second kappa shape index (κ2) is 10.1. The molecule has 0 aromatic heterocycles. The number of carbonyl (C=O) groups excluding carboxylic acids is 3. The molecule has 2 bridgehead atoms. The van der Waals surface area contributed by atoms with Crippen molar-refractivity contribution in [2.75, 3.05) is 13.2 Å². The third-order valence-electron chi connectivity index (χ3n) is 8.64. The van der Waals surface area contributed by atoms with E-state index in [4.69, 9.17) is 0 Å². The van der Waals surface area contributed by atoms with Gasteiger partial charge in [0.2, 0.25) is 17.7 Å². The second-order valence-electron chi connectivity index (χ2n) is 10.6. The number of rotatable bonds is 9. The average Bonchev–Trinajstić information content (AvgIpc) is 3.46. The topological polar surface area (TPSA) is 98.7 Å². The van der Waals surface area contributed by atoms with Crippen LogP contribution in [0.1, 0.15) is 78.6 Å². The summed E-state index contributed by atoms with van der Waals surface area (Å²) in [6.45, 7) is 6.53. The van der Waals surface area contributed by atoms with E-state index in [0.29, 0.717) is 6.54 Å². The summed E-state index contributed by atoms with van der Waals surface area (Å²) in [5.41, 5.74) is 0. The Morgan fingerprint density at radius 2 is 1.91 bits per heavy atom. The molecule has 1 saturated carbocycles. The average molecular weight is 480 g/mol. The van der Waals surface area contributed by atoms with Crippen molar-refractivity contribution in [2.24, 2.45) is 17.8 Å². The van der Waals surface area contributed by atoms with Crippen molar-refractivity contribution in [1.29, 1.82) is 0 Å². The highest BCUT2D eigenvalue weighted by molar-refractivity contribution is 8.02. The summed E-state index contributed by atoms with van der Waals surface area (Å²) in [5.74, 6) is -1.06. The molecule has 4 rings (SSSR count). The molecule has 4 fully saturated rings. The van der Waals surface area contributed by atoms with Gasteiger partial charge in [0.25, 0.3) is 0 Å². The highest BCUT2D eigenvalue weighted by atomic mass is 32.2. The van der Waals surface area contributed by atoms with Gasteiger partial charge in [0.15, 0.2) is 0 Å². The van der Waals surface area contributed by atoms with Crippen LogP contribution in [0.5, 0.6) is 0 Å². The predicted octanol–water partition coefficient (Wildman–Crippen LogP) is 2.46. The SMILES string of the molecule is CCCNC(=O)[C@@H]1[C@H]2C(=O)N([C@@H](CO)[C@@H](C)CC)C(C(=O)NC3CCCCC3)C23CC[C@H]1S3. The highest BCUT2D eigenvalue weighted by Gasteiger charge is 2.74. The molecule has 3 amide bonds. The molecule has 8 heteroatoms. The minimum absolute atomic E-state index is 0.0494. The van der Waals surface area contributed by atoms with Crippen molar-refractivity contribution < 1.29 is 19.5 Å². The molecule has 3 N–H and O–H groups in total. The van der Waals surface area contributed by atoms with E-state index in [-0.39, 0.29) is 41.5 Å². The van der Waals surface area contributed by atoms with Crippen LogP contribution in [0.2, 0.25) is 0 Å². The first-order valence-corrected chi connectivity index (χ1v) is 14.0. The number of aliphatic hydroxyl groups is 1. The minimum Gasteiger partial charge on any atom is -0.394 e. The summed E-state index contributed by atoms with van der Waals surface area (Å²) in [4.78, 5) is 42.8. The molecule has 33 heavy (non-hydrogen) atoms. The van der Waals surface area contributed by atoms with Crippen LogP contribution in [0.25, 0.3) is 0 Å². The lowest BCUT2D eigenvalue weighted by molar-refractivity contribution is -0.144. The Bertz CT molecular complexity index is 758. The summed E-state index contributed by atoms with van der Waals surface area (Å²) in [6, 6.07) is -0.882. The first kappa shape index (κ1) is 24.8. The number of hydrogen-bond acceptors (Lipinski definition) is 5. The maximum atomic E-state index is 14.0. The molecule has 1 aliphatic carbocycles. The van der Waals surface area contributed by atoms with Gasteiger partial charge in [-0.1, -0.05) is 46.5 Å². The van der Waals surface area contributed by atoms with Gasteiger partial charge in [-0.15, -0.1) is 11.8 Å². The van der Waals surface area contributed by atoms with Gasteiger partial charge in [-0.05, 0) is 38.0 Å². The molecule has 0 aromatic rings. The number of nitrogens with one attached hydrogen (secondary N) is 2. The first-order chi connectivity index (χ1) is 15.9. The number of nitrogens with zero attached hydrogens (tertiary/aromatic N) is 1. The van der Waals surface area contributed by atoms with E-state index in [1.165, 1.54) is 6.42 Å². The Kier molecular flexibility index (Phi) is 7.63. The number of hydrogen-bond donors (Lipinski definition) is 3. The first-order valence-electron chi connectivity index (χ1n) is 13.1. The van der Waals surface area contributed by atoms with Crippen molar-refractivity contribution in [1.82, 2.24) is 15.5 Å². The lowest BCUT2D eigenvalue weighted by Gasteiger charge is -2.40. The van der Waals surface area contributed by atoms with E-state index in [9.17, 15) is 19.5 Å². The van der Waals surface area contributed by atoms with E-state index >= 15 is 0 Å².